The summed E-state index contributed by atoms with van der Waals surface area (Å²) < 4.78 is 5.75. The summed E-state index contributed by atoms with van der Waals surface area (Å²) in [5, 5.41) is 18.5. The summed E-state index contributed by atoms with van der Waals surface area (Å²) in [4.78, 5) is 12.2. The highest BCUT2D eigenvalue weighted by atomic mass is 16.6. The molecule has 1 aliphatic heterocycles. The topological polar surface area (TPSA) is 70.1 Å². The van der Waals surface area contributed by atoms with Gasteiger partial charge in [-0.15, -0.1) is 0 Å². The Balaban J connectivity index is 2.44. The van der Waals surface area contributed by atoms with Crippen LogP contribution in [0.1, 0.15) is 59.8 Å². The zero-order chi connectivity index (χ0) is 19.0. The van der Waals surface area contributed by atoms with Crippen molar-refractivity contribution < 1.29 is 19.7 Å². The summed E-state index contributed by atoms with van der Waals surface area (Å²) >= 11 is 0. The Kier molecular flexibility index (Phi) is 8.77. The standard InChI is InChI=1S/C21H34O4/c1-15(2)18(5)13-19(24)17(4)7-6-11-21(14-23)20(25-21)9-8-16(3)10-12-22/h7,10,15,20,22-23H,5-6,8-9,11-14H2,1-4H3. The van der Waals surface area contributed by atoms with E-state index in [1.807, 2.05) is 33.8 Å². The molecular formula is C21H34O4. The lowest BCUT2D eigenvalue weighted by Gasteiger charge is -2.10. The van der Waals surface area contributed by atoms with E-state index in [-0.39, 0.29) is 25.1 Å². The highest BCUT2D eigenvalue weighted by molar-refractivity contribution is 5.96. The van der Waals surface area contributed by atoms with Crippen molar-refractivity contribution in [2.75, 3.05) is 13.2 Å². The molecule has 1 aliphatic rings. The molecule has 1 rings (SSSR count). The van der Waals surface area contributed by atoms with Gasteiger partial charge in [-0.3, -0.25) is 4.79 Å². The quantitative estimate of drug-likeness (QED) is 0.320. The highest BCUT2D eigenvalue weighted by Crippen LogP contribution is 2.43. The predicted molar refractivity (Wildman–Crippen MR) is 101 cm³/mol. The Bertz CT molecular complexity index is 530. The molecule has 0 aromatic carbocycles. The van der Waals surface area contributed by atoms with Gasteiger partial charge in [-0.2, -0.15) is 0 Å². The fourth-order valence-electron chi connectivity index (χ4n) is 2.82. The van der Waals surface area contributed by atoms with Gasteiger partial charge in [-0.05, 0) is 51.0 Å². The van der Waals surface area contributed by atoms with E-state index in [0.29, 0.717) is 25.2 Å². The van der Waals surface area contributed by atoms with Gasteiger partial charge in [0.05, 0.1) is 19.3 Å². The maximum absolute atomic E-state index is 12.2. The second-order valence-electron chi connectivity index (χ2n) is 7.44. The molecule has 0 radical (unpaired) electrons. The number of ether oxygens (including phenoxy) is 1. The van der Waals surface area contributed by atoms with E-state index >= 15 is 0 Å². The number of carbonyl (C=O) groups is 1. The largest absolute Gasteiger partial charge is 0.393 e. The number of rotatable bonds is 12. The van der Waals surface area contributed by atoms with E-state index in [0.717, 1.165) is 29.6 Å². The molecule has 4 nitrogen and oxygen atoms in total. The molecule has 0 aromatic rings. The number of hydrogen-bond donors (Lipinski definition) is 2. The Hall–Kier alpha value is -1.23. The highest BCUT2D eigenvalue weighted by Gasteiger charge is 2.54. The van der Waals surface area contributed by atoms with Gasteiger partial charge < -0.3 is 14.9 Å². The number of carbonyl (C=O) groups excluding carboxylic acids is 1. The first-order valence-electron chi connectivity index (χ1n) is 9.18. The van der Waals surface area contributed by atoms with Crippen molar-refractivity contribution in [1.29, 1.82) is 0 Å². The number of hydrogen-bond acceptors (Lipinski definition) is 4. The van der Waals surface area contributed by atoms with Crippen LogP contribution in [0, 0.1) is 5.92 Å². The van der Waals surface area contributed by atoms with E-state index in [9.17, 15) is 9.90 Å². The van der Waals surface area contributed by atoms with Gasteiger partial charge in [0.1, 0.15) is 5.60 Å². The summed E-state index contributed by atoms with van der Waals surface area (Å²) in [5.74, 6) is 0.438. The molecule has 1 fully saturated rings. The van der Waals surface area contributed by atoms with Crippen molar-refractivity contribution in [3.05, 3.63) is 35.5 Å². The number of aliphatic hydroxyl groups excluding tert-OH is 2. The van der Waals surface area contributed by atoms with Gasteiger partial charge in [0.25, 0.3) is 0 Å². The smallest absolute Gasteiger partial charge is 0.162 e. The van der Waals surface area contributed by atoms with E-state index < -0.39 is 5.60 Å². The molecule has 2 N–H and O–H groups in total. The molecule has 1 heterocycles. The Morgan fingerprint density at radius 1 is 1.28 bits per heavy atom. The molecule has 0 aliphatic carbocycles. The number of aliphatic hydroxyl groups is 2. The molecular weight excluding hydrogens is 316 g/mol. The molecule has 25 heavy (non-hydrogen) atoms. The van der Waals surface area contributed by atoms with E-state index in [1.54, 1.807) is 6.08 Å². The van der Waals surface area contributed by atoms with E-state index in [4.69, 9.17) is 9.84 Å². The first kappa shape index (κ1) is 21.8. The third-order valence-corrected chi connectivity index (χ3v) is 5.08. The van der Waals surface area contributed by atoms with Crippen LogP contribution in [-0.4, -0.2) is 40.9 Å². The van der Waals surface area contributed by atoms with Gasteiger partial charge in [-0.25, -0.2) is 0 Å². The second-order valence-corrected chi connectivity index (χ2v) is 7.44. The molecule has 142 valence electrons. The van der Waals surface area contributed by atoms with Crippen molar-refractivity contribution in [2.24, 2.45) is 5.92 Å². The average Bonchev–Trinajstić information content (AvgIpc) is 3.26. The zero-order valence-corrected chi connectivity index (χ0v) is 16.2. The number of allylic oxidation sites excluding steroid dienone is 4. The molecule has 2 unspecified atom stereocenters. The summed E-state index contributed by atoms with van der Waals surface area (Å²) in [6, 6.07) is 0. The maximum Gasteiger partial charge on any atom is 0.162 e. The van der Waals surface area contributed by atoms with Crippen molar-refractivity contribution in [2.45, 2.75) is 71.5 Å². The van der Waals surface area contributed by atoms with Crippen molar-refractivity contribution in [3.8, 4) is 0 Å². The molecule has 0 spiro atoms. The van der Waals surface area contributed by atoms with Crippen molar-refractivity contribution in [1.82, 2.24) is 0 Å². The third-order valence-electron chi connectivity index (χ3n) is 5.08. The zero-order valence-electron chi connectivity index (χ0n) is 16.2. The van der Waals surface area contributed by atoms with Crippen LogP contribution in [0.5, 0.6) is 0 Å². The molecule has 0 bridgehead atoms. The lowest BCUT2D eigenvalue weighted by Crippen LogP contribution is -2.20. The number of ketones is 1. The van der Waals surface area contributed by atoms with Gasteiger partial charge in [0, 0.05) is 6.42 Å². The predicted octanol–water partition coefficient (Wildman–Crippen LogP) is 3.73. The lowest BCUT2D eigenvalue weighted by molar-refractivity contribution is -0.115. The molecule has 0 aromatic heterocycles. The molecule has 1 saturated heterocycles. The number of epoxide rings is 1. The van der Waals surface area contributed by atoms with Crippen LogP contribution in [0.4, 0.5) is 0 Å². The van der Waals surface area contributed by atoms with Crippen LogP contribution < -0.4 is 0 Å². The first-order chi connectivity index (χ1) is 11.8. The third kappa shape index (κ3) is 6.89. The average molecular weight is 350 g/mol. The Labute approximate surface area is 152 Å². The van der Waals surface area contributed by atoms with Crippen LogP contribution in [0.2, 0.25) is 0 Å². The van der Waals surface area contributed by atoms with Crippen molar-refractivity contribution >= 4 is 5.78 Å². The fraction of sp³-hybridized carbons (Fsp3) is 0.667. The number of Topliss-reactive ketones (excluding diaryl/α,β-unsaturated/α-hetero) is 1. The van der Waals surface area contributed by atoms with Gasteiger partial charge in [0.2, 0.25) is 0 Å². The molecule has 4 heteroatoms. The van der Waals surface area contributed by atoms with Crippen molar-refractivity contribution in [3.63, 3.8) is 0 Å². The SMILES string of the molecule is C=C(CC(=O)C(C)=CCCC1(CO)OC1CCC(C)=CCO)C(C)C. The fourth-order valence-corrected chi connectivity index (χ4v) is 2.82. The Morgan fingerprint density at radius 2 is 1.96 bits per heavy atom. The molecule has 0 saturated carbocycles. The van der Waals surface area contributed by atoms with Crippen LogP contribution in [0.15, 0.2) is 35.5 Å². The van der Waals surface area contributed by atoms with Gasteiger partial charge in [-0.1, -0.05) is 43.7 Å². The first-order valence-corrected chi connectivity index (χ1v) is 9.18. The normalized spacial score (nSPS) is 23.9. The second kappa shape index (κ2) is 10.0. The minimum Gasteiger partial charge on any atom is -0.393 e. The van der Waals surface area contributed by atoms with Gasteiger partial charge in [0.15, 0.2) is 5.78 Å². The lowest BCUT2D eigenvalue weighted by atomic mass is 9.94. The van der Waals surface area contributed by atoms with Crippen LogP contribution in [0.25, 0.3) is 0 Å². The van der Waals surface area contributed by atoms with Crippen LogP contribution in [-0.2, 0) is 9.53 Å². The maximum atomic E-state index is 12.2. The Morgan fingerprint density at radius 3 is 2.52 bits per heavy atom. The van der Waals surface area contributed by atoms with E-state index in [1.165, 1.54) is 0 Å². The minimum absolute atomic E-state index is 0.00537. The summed E-state index contributed by atoms with van der Waals surface area (Å²) in [5.41, 5.74) is 2.40. The van der Waals surface area contributed by atoms with Crippen LogP contribution in [0.3, 0.4) is 0 Å². The monoisotopic (exact) mass is 350 g/mol. The summed E-state index contributed by atoms with van der Waals surface area (Å²) in [6.07, 6.45) is 7.34. The summed E-state index contributed by atoms with van der Waals surface area (Å²) in [6.45, 7) is 11.9. The molecule has 2 atom stereocenters. The minimum atomic E-state index is -0.457. The molecule has 0 amide bonds. The van der Waals surface area contributed by atoms with Crippen LogP contribution >= 0.6 is 0 Å². The van der Waals surface area contributed by atoms with Gasteiger partial charge >= 0.3 is 0 Å². The summed E-state index contributed by atoms with van der Waals surface area (Å²) in [7, 11) is 0. The van der Waals surface area contributed by atoms with E-state index in [2.05, 4.69) is 6.58 Å².